The van der Waals surface area contributed by atoms with Gasteiger partial charge in [-0.25, -0.2) is 0 Å². The summed E-state index contributed by atoms with van der Waals surface area (Å²) in [6.45, 7) is 5.72. The predicted molar refractivity (Wildman–Crippen MR) is 85.0 cm³/mol. The summed E-state index contributed by atoms with van der Waals surface area (Å²) < 4.78 is 5.56. The van der Waals surface area contributed by atoms with Gasteiger partial charge in [-0.2, -0.15) is 0 Å². The van der Waals surface area contributed by atoms with E-state index in [1.807, 2.05) is 6.92 Å². The maximum atomic E-state index is 12.7. The molecule has 0 aromatic heterocycles. The van der Waals surface area contributed by atoms with Gasteiger partial charge < -0.3 is 9.84 Å². The highest BCUT2D eigenvalue weighted by Crippen LogP contribution is 2.38. The first kappa shape index (κ1) is 16.9. The lowest BCUT2D eigenvalue weighted by atomic mass is 9.73. The van der Waals surface area contributed by atoms with Crippen molar-refractivity contribution in [2.45, 2.75) is 33.6 Å². The van der Waals surface area contributed by atoms with Gasteiger partial charge in [0.25, 0.3) is 0 Å². The summed E-state index contributed by atoms with van der Waals surface area (Å²) in [5.74, 6) is -1.25. The van der Waals surface area contributed by atoms with Crippen molar-refractivity contribution in [1.29, 1.82) is 0 Å². The molecule has 23 heavy (non-hydrogen) atoms. The van der Waals surface area contributed by atoms with Crippen LogP contribution < -0.4 is 4.74 Å². The molecule has 5 nitrogen and oxygen atoms in total. The molecule has 0 spiro atoms. The van der Waals surface area contributed by atoms with E-state index < -0.39 is 11.4 Å². The van der Waals surface area contributed by atoms with E-state index in [0.717, 1.165) is 6.42 Å². The summed E-state index contributed by atoms with van der Waals surface area (Å²) in [7, 11) is 0. The molecule has 0 saturated heterocycles. The summed E-state index contributed by atoms with van der Waals surface area (Å²) in [6.07, 6.45) is 1.82. The molecule has 1 aromatic rings. The van der Waals surface area contributed by atoms with E-state index in [2.05, 4.69) is 0 Å². The number of Topliss-reactive ketones (excluding diaryl/α,β-unsaturated/α-hetero) is 1. The molecule has 0 saturated carbocycles. The normalized spacial score (nSPS) is 14.3. The van der Waals surface area contributed by atoms with E-state index in [1.54, 1.807) is 32.0 Å². The monoisotopic (exact) mass is 316 g/mol. The van der Waals surface area contributed by atoms with Gasteiger partial charge in [0.05, 0.1) is 18.6 Å². The number of hydrogen-bond donors (Lipinski definition) is 1. The number of fused-ring (bicyclic) bond motifs is 1. The Hall–Kier alpha value is -2.43. The Balaban J connectivity index is 2.47. The maximum Gasteiger partial charge on any atom is 0.304 e. The van der Waals surface area contributed by atoms with Crippen LogP contribution in [0.25, 0.3) is 0 Å². The van der Waals surface area contributed by atoms with Crippen molar-refractivity contribution < 1.29 is 24.2 Å². The van der Waals surface area contributed by atoms with Crippen molar-refractivity contribution in [2.24, 2.45) is 5.41 Å². The van der Waals surface area contributed by atoms with Crippen molar-refractivity contribution in [3.05, 3.63) is 41.0 Å². The van der Waals surface area contributed by atoms with Crippen molar-refractivity contribution >= 4 is 17.5 Å². The van der Waals surface area contributed by atoms with Gasteiger partial charge in [-0.1, -0.05) is 32.9 Å². The summed E-state index contributed by atoms with van der Waals surface area (Å²) in [6, 6.07) is 4.92. The molecule has 0 fully saturated rings. The number of carbonyl (C=O) groups excluding carboxylic acids is 2. The van der Waals surface area contributed by atoms with Crippen LogP contribution in [-0.2, 0) is 4.79 Å². The standard InChI is InChI=1S/C18H20O5/c1-4-8-23-14-7-5-6-11-16(14)13(19)9-12(17(11)22)18(2,3)10-15(20)21/h5-7,9H,4,8,10H2,1-3H3,(H,20,21). The summed E-state index contributed by atoms with van der Waals surface area (Å²) in [4.78, 5) is 36.3. The van der Waals surface area contributed by atoms with Gasteiger partial charge in [0.1, 0.15) is 5.75 Å². The Labute approximate surface area is 135 Å². The number of carboxylic acids is 1. The van der Waals surface area contributed by atoms with E-state index in [4.69, 9.17) is 9.84 Å². The van der Waals surface area contributed by atoms with E-state index in [9.17, 15) is 14.4 Å². The Morgan fingerprint density at radius 2 is 1.96 bits per heavy atom. The second kappa shape index (κ2) is 6.36. The first-order chi connectivity index (χ1) is 10.8. The molecule has 0 amide bonds. The third kappa shape index (κ3) is 3.33. The Bertz CT molecular complexity index is 697. The number of ether oxygens (including phenoxy) is 1. The minimum absolute atomic E-state index is 0.223. The highest BCUT2D eigenvalue weighted by molar-refractivity contribution is 6.26. The van der Waals surface area contributed by atoms with Crippen LogP contribution in [0.2, 0.25) is 0 Å². The lowest BCUT2D eigenvalue weighted by molar-refractivity contribution is -0.138. The number of hydrogen-bond acceptors (Lipinski definition) is 4. The van der Waals surface area contributed by atoms with Crippen LogP contribution in [0.15, 0.2) is 29.8 Å². The molecule has 1 N–H and O–H groups in total. The van der Waals surface area contributed by atoms with Gasteiger partial charge in [0.15, 0.2) is 11.6 Å². The number of carboxylic acid groups (broad SMARTS) is 1. The molecule has 0 aliphatic heterocycles. The fourth-order valence-electron chi connectivity index (χ4n) is 2.70. The van der Waals surface area contributed by atoms with E-state index >= 15 is 0 Å². The van der Waals surface area contributed by atoms with Gasteiger partial charge in [0, 0.05) is 16.6 Å². The number of allylic oxidation sites excluding steroid dienone is 2. The van der Waals surface area contributed by atoms with Gasteiger partial charge in [-0.15, -0.1) is 0 Å². The number of rotatable bonds is 6. The molecule has 0 heterocycles. The average molecular weight is 316 g/mol. The van der Waals surface area contributed by atoms with Crippen LogP contribution in [0.4, 0.5) is 0 Å². The summed E-state index contributed by atoms with van der Waals surface area (Å²) in [5, 5.41) is 9.02. The van der Waals surface area contributed by atoms with Crippen LogP contribution >= 0.6 is 0 Å². The van der Waals surface area contributed by atoms with Gasteiger partial charge in [0.2, 0.25) is 0 Å². The first-order valence-electron chi connectivity index (χ1n) is 7.56. The Kier molecular flexibility index (Phi) is 4.68. The minimum Gasteiger partial charge on any atom is -0.493 e. The van der Waals surface area contributed by atoms with Crippen LogP contribution in [0.1, 0.15) is 54.3 Å². The third-order valence-electron chi connectivity index (χ3n) is 3.82. The number of carbonyl (C=O) groups is 3. The molecule has 1 aliphatic rings. The zero-order valence-electron chi connectivity index (χ0n) is 13.5. The Morgan fingerprint density at radius 1 is 1.26 bits per heavy atom. The lowest BCUT2D eigenvalue weighted by Crippen LogP contribution is -2.29. The van der Waals surface area contributed by atoms with Crippen LogP contribution in [0.3, 0.4) is 0 Å². The molecule has 0 radical (unpaired) electrons. The molecular formula is C18H20O5. The third-order valence-corrected chi connectivity index (χ3v) is 3.82. The number of aliphatic carboxylic acids is 1. The first-order valence-corrected chi connectivity index (χ1v) is 7.56. The highest BCUT2D eigenvalue weighted by atomic mass is 16.5. The molecular weight excluding hydrogens is 296 g/mol. The smallest absolute Gasteiger partial charge is 0.304 e. The number of ketones is 2. The van der Waals surface area contributed by atoms with Crippen molar-refractivity contribution in [3.63, 3.8) is 0 Å². The molecule has 5 heteroatoms. The maximum absolute atomic E-state index is 12.7. The molecule has 1 aliphatic carbocycles. The molecule has 2 rings (SSSR count). The summed E-state index contributed by atoms with van der Waals surface area (Å²) in [5.41, 5.74) is -0.151. The molecule has 0 atom stereocenters. The fraction of sp³-hybridized carbons (Fsp3) is 0.389. The molecule has 1 aromatic carbocycles. The fourth-order valence-corrected chi connectivity index (χ4v) is 2.70. The SMILES string of the molecule is CCCOc1cccc2c1C(=O)C=C(C(C)(C)CC(=O)O)C2=O. The van der Waals surface area contributed by atoms with Crippen molar-refractivity contribution in [2.75, 3.05) is 6.61 Å². The Morgan fingerprint density at radius 3 is 2.57 bits per heavy atom. The molecule has 0 unspecified atom stereocenters. The van der Waals surface area contributed by atoms with Gasteiger partial charge in [-0.3, -0.25) is 14.4 Å². The van der Waals surface area contributed by atoms with Gasteiger partial charge in [-0.05, 0) is 18.6 Å². The average Bonchev–Trinajstić information content (AvgIpc) is 2.47. The van der Waals surface area contributed by atoms with Crippen LogP contribution in [0.5, 0.6) is 5.75 Å². The topological polar surface area (TPSA) is 80.7 Å². The predicted octanol–water partition coefficient (Wildman–Crippen LogP) is 3.28. The lowest BCUT2D eigenvalue weighted by Gasteiger charge is -2.28. The van der Waals surface area contributed by atoms with E-state index in [-0.39, 0.29) is 34.7 Å². The second-order valence-corrected chi connectivity index (χ2v) is 6.23. The highest BCUT2D eigenvalue weighted by Gasteiger charge is 2.37. The van der Waals surface area contributed by atoms with E-state index in [0.29, 0.717) is 12.4 Å². The summed E-state index contributed by atoms with van der Waals surface area (Å²) >= 11 is 0. The second-order valence-electron chi connectivity index (χ2n) is 6.23. The zero-order chi connectivity index (χ0) is 17.2. The van der Waals surface area contributed by atoms with Crippen molar-refractivity contribution in [3.8, 4) is 5.75 Å². The minimum atomic E-state index is -1.01. The molecule has 0 bridgehead atoms. The zero-order valence-corrected chi connectivity index (χ0v) is 13.5. The van der Waals surface area contributed by atoms with E-state index in [1.165, 1.54) is 6.08 Å². The largest absolute Gasteiger partial charge is 0.493 e. The molecule has 122 valence electrons. The van der Waals surface area contributed by atoms with Crippen LogP contribution in [-0.4, -0.2) is 29.2 Å². The van der Waals surface area contributed by atoms with Gasteiger partial charge >= 0.3 is 5.97 Å². The quantitative estimate of drug-likeness (QED) is 0.871. The van der Waals surface area contributed by atoms with Crippen LogP contribution in [0, 0.1) is 5.41 Å². The number of benzene rings is 1. The van der Waals surface area contributed by atoms with Crippen molar-refractivity contribution in [1.82, 2.24) is 0 Å².